The van der Waals surface area contributed by atoms with Crippen molar-refractivity contribution in [2.45, 2.75) is 12.6 Å². The van der Waals surface area contributed by atoms with Gasteiger partial charge in [0.25, 0.3) is 0 Å². The lowest BCUT2D eigenvalue weighted by atomic mass is 10.1. The topological polar surface area (TPSA) is 54.5 Å². The van der Waals surface area contributed by atoms with Gasteiger partial charge in [-0.05, 0) is 11.6 Å². The molecule has 3 rings (SSSR count). The molecule has 20 heavy (non-hydrogen) atoms. The molecule has 0 amide bonds. The van der Waals surface area contributed by atoms with Crippen LogP contribution >= 0.6 is 0 Å². The minimum absolute atomic E-state index is 0.278. The van der Waals surface area contributed by atoms with Crippen LogP contribution in [0.3, 0.4) is 0 Å². The second kappa shape index (κ2) is 4.59. The molecule has 1 N–H and O–H groups in total. The first kappa shape index (κ1) is 12.6. The molecular weight excluding hydrogens is 269 g/mol. The third kappa shape index (κ3) is 2.47. The summed E-state index contributed by atoms with van der Waals surface area (Å²) in [7, 11) is 0. The number of hydrogen-bond donors (Lipinski definition) is 1. The van der Waals surface area contributed by atoms with Crippen LogP contribution in [0.15, 0.2) is 36.8 Å². The Bertz CT molecular complexity index is 715. The van der Waals surface area contributed by atoms with Crippen molar-refractivity contribution in [2.75, 3.05) is 0 Å². The molecule has 0 saturated carbocycles. The molecule has 1 aromatic carbocycles. The Hall–Kier alpha value is -2.44. The van der Waals surface area contributed by atoms with Crippen LogP contribution < -0.4 is 0 Å². The van der Waals surface area contributed by atoms with Crippen molar-refractivity contribution in [2.24, 2.45) is 0 Å². The zero-order valence-corrected chi connectivity index (χ0v) is 10.1. The van der Waals surface area contributed by atoms with Gasteiger partial charge in [-0.3, -0.25) is 0 Å². The van der Waals surface area contributed by atoms with Gasteiger partial charge >= 0.3 is 6.18 Å². The number of fused-ring (bicyclic) bond motifs is 1. The molecule has 102 valence electrons. The largest absolute Gasteiger partial charge is 0.416 e. The minimum Gasteiger partial charge on any atom is -0.339 e. The number of hydrogen-bond acceptors (Lipinski definition) is 3. The second-order valence-electron chi connectivity index (χ2n) is 4.32. The van der Waals surface area contributed by atoms with Crippen molar-refractivity contribution in [1.29, 1.82) is 0 Å². The Kier molecular flexibility index (Phi) is 2.89. The van der Waals surface area contributed by atoms with E-state index in [2.05, 4.69) is 19.9 Å². The molecule has 0 unspecified atom stereocenters. The Morgan fingerprint density at radius 1 is 1.20 bits per heavy atom. The zero-order chi connectivity index (χ0) is 14.2. The number of benzene rings is 1. The van der Waals surface area contributed by atoms with Crippen molar-refractivity contribution >= 4 is 11.2 Å². The summed E-state index contributed by atoms with van der Waals surface area (Å²) < 4.78 is 37.9. The van der Waals surface area contributed by atoms with E-state index in [0.29, 0.717) is 22.6 Å². The second-order valence-corrected chi connectivity index (χ2v) is 4.32. The third-order valence-corrected chi connectivity index (χ3v) is 2.84. The molecule has 0 aliphatic rings. The molecule has 0 atom stereocenters. The maximum absolute atomic E-state index is 12.6. The lowest BCUT2D eigenvalue weighted by Crippen LogP contribution is -2.05. The summed E-state index contributed by atoms with van der Waals surface area (Å²) in [5.41, 5.74) is 1.04. The van der Waals surface area contributed by atoms with Crippen LogP contribution in [-0.2, 0) is 12.6 Å². The van der Waals surface area contributed by atoms with Crippen LogP contribution in [0.4, 0.5) is 13.2 Å². The molecule has 0 aliphatic carbocycles. The Balaban J connectivity index is 1.91. The van der Waals surface area contributed by atoms with Gasteiger partial charge in [0, 0.05) is 6.42 Å². The van der Waals surface area contributed by atoms with Crippen LogP contribution in [0.1, 0.15) is 17.0 Å². The molecule has 2 heterocycles. The smallest absolute Gasteiger partial charge is 0.339 e. The maximum Gasteiger partial charge on any atom is 0.416 e. The first-order valence-corrected chi connectivity index (χ1v) is 5.83. The number of rotatable bonds is 2. The molecule has 7 heteroatoms. The molecule has 0 bridgehead atoms. The third-order valence-electron chi connectivity index (χ3n) is 2.84. The van der Waals surface area contributed by atoms with Gasteiger partial charge in [-0.1, -0.05) is 18.2 Å². The number of alkyl halides is 3. The van der Waals surface area contributed by atoms with Gasteiger partial charge in [0.2, 0.25) is 0 Å². The van der Waals surface area contributed by atoms with Crippen LogP contribution in [0.2, 0.25) is 0 Å². The maximum atomic E-state index is 12.6. The lowest BCUT2D eigenvalue weighted by Gasteiger charge is -2.07. The van der Waals surface area contributed by atoms with E-state index >= 15 is 0 Å². The summed E-state index contributed by atoms with van der Waals surface area (Å²) in [6.07, 6.45) is -1.11. The Morgan fingerprint density at radius 2 is 2.05 bits per heavy atom. The van der Waals surface area contributed by atoms with E-state index in [0.717, 1.165) is 12.1 Å². The first-order valence-electron chi connectivity index (χ1n) is 5.83. The van der Waals surface area contributed by atoms with Crippen LogP contribution in [-0.4, -0.2) is 19.9 Å². The number of aromatic nitrogens is 4. The standard InChI is InChI=1S/C13H9F3N4/c14-13(15,16)9-3-1-2-8(4-9)5-11-19-10-6-17-7-18-12(10)20-11/h1-4,6-7H,5H2,(H,17,18,19,20). The number of imidazole rings is 1. The summed E-state index contributed by atoms with van der Waals surface area (Å²) in [6.45, 7) is 0. The number of halogens is 3. The van der Waals surface area contributed by atoms with E-state index in [9.17, 15) is 13.2 Å². The Labute approximate surface area is 111 Å². The molecule has 0 saturated heterocycles. The van der Waals surface area contributed by atoms with Crippen molar-refractivity contribution in [3.63, 3.8) is 0 Å². The monoisotopic (exact) mass is 278 g/mol. The normalized spacial score (nSPS) is 11.9. The van der Waals surface area contributed by atoms with Crippen LogP contribution in [0, 0.1) is 0 Å². The van der Waals surface area contributed by atoms with E-state index in [-0.39, 0.29) is 6.42 Å². The van der Waals surface area contributed by atoms with Crippen molar-refractivity contribution in [3.05, 3.63) is 53.7 Å². The number of aromatic amines is 1. The van der Waals surface area contributed by atoms with E-state index in [1.807, 2.05) is 0 Å². The average Bonchev–Trinajstić information content (AvgIpc) is 2.80. The van der Waals surface area contributed by atoms with Gasteiger partial charge in [-0.15, -0.1) is 0 Å². The van der Waals surface area contributed by atoms with E-state index in [4.69, 9.17) is 0 Å². The quantitative estimate of drug-likeness (QED) is 0.784. The van der Waals surface area contributed by atoms with Gasteiger partial charge in [0.1, 0.15) is 17.7 Å². The molecule has 0 aliphatic heterocycles. The number of H-pyrrole nitrogens is 1. The summed E-state index contributed by atoms with van der Waals surface area (Å²) in [6, 6.07) is 5.20. The summed E-state index contributed by atoms with van der Waals surface area (Å²) >= 11 is 0. The van der Waals surface area contributed by atoms with Gasteiger partial charge in [0.05, 0.1) is 11.8 Å². The van der Waals surface area contributed by atoms with E-state index < -0.39 is 11.7 Å². The SMILES string of the molecule is FC(F)(F)c1cccc(Cc2nc3ncncc3[nH]2)c1. The highest BCUT2D eigenvalue weighted by Crippen LogP contribution is 2.29. The van der Waals surface area contributed by atoms with Gasteiger partial charge in [0.15, 0.2) is 5.65 Å². The van der Waals surface area contributed by atoms with E-state index in [1.54, 1.807) is 12.3 Å². The lowest BCUT2D eigenvalue weighted by molar-refractivity contribution is -0.137. The fourth-order valence-corrected chi connectivity index (χ4v) is 1.95. The molecule has 4 nitrogen and oxygen atoms in total. The van der Waals surface area contributed by atoms with Crippen LogP contribution in [0.5, 0.6) is 0 Å². The fraction of sp³-hybridized carbons (Fsp3) is 0.154. The van der Waals surface area contributed by atoms with E-state index in [1.165, 1.54) is 12.4 Å². The molecule has 3 aromatic rings. The summed E-state index contributed by atoms with van der Waals surface area (Å²) in [5.74, 6) is 0.555. The average molecular weight is 278 g/mol. The molecule has 2 aromatic heterocycles. The predicted molar refractivity (Wildman–Crippen MR) is 65.9 cm³/mol. The molecule has 0 spiro atoms. The number of nitrogens with zero attached hydrogens (tertiary/aromatic N) is 3. The number of nitrogens with one attached hydrogen (secondary N) is 1. The predicted octanol–water partition coefficient (Wildman–Crippen LogP) is 2.96. The highest BCUT2D eigenvalue weighted by Gasteiger charge is 2.30. The fourth-order valence-electron chi connectivity index (χ4n) is 1.95. The highest BCUT2D eigenvalue weighted by molar-refractivity contribution is 5.68. The van der Waals surface area contributed by atoms with Crippen LogP contribution in [0.25, 0.3) is 11.2 Å². The molecule has 0 radical (unpaired) electrons. The van der Waals surface area contributed by atoms with Gasteiger partial charge in [-0.2, -0.15) is 13.2 Å². The van der Waals surface area contributed by atoms with Crippen molar-refractivity contribution in [3.8, 4) is 0 Å². The van der Waals surface area contributed by atoms with Gasteiger partial charge < -0.3 is 4.98 Å². The summed E-state index contributed by atoms with van der Waals surface area (Å²) in [5, 5.41) is 0. The summed E-state index contributed by atoms with van der Waals surface area (Å²) in [4.78, 5) is 15.0. The van der Waals surface area contributed by atoms with Gasteiger partial charge in [-0.25, -0.2) is 15.0 Å². The first-order chi connectivity index (χ1) is 9.52. The zero-order valence-electron chi connectivity index (χ0n) is 10.1. The Morgan fingerprint density at radius 3 is 2.80 bits per heavy atom. The van der Waals surface area contributed by atoms with Crippen molar-refractivity contribution < 1.29 is 13.2 Å². The minimum atomic E-state index is -4.34. The van der Waals surface area contributed by atoms with Crippen molar-refractivity contribution in [1.82, 2.24) is 19.9 Å². The molecule has 0 fully saturated rings. The molecular formula is C13H9F3N4. The highest BCUT2D eigenvalue weighted by atomic mass is 19.4.